The summed E-state index contributed by atoms with van der Waals surface area (Å²) in [7, 11) is 3.02. The van der Waals surface area contributed by atoms with Crippen LogP contribution in [0.2, 0.25) is 5.02 Å². The maximum Gasteiger partial charge on any atom is 0.270 e. The predicted molar refractivity (Wildman–Crippen MR) is 64.0 cm³/mol. The van der Waals surface area contributed by atoms with E-state index in [4.69, 9.17) is 21.1 Å². The largest absolute Gasteiger partial charge is 0.354 e. The van der Waals surface area contributed by atoms with Gasteiger partial charge in [-0.25, -0.2) is 0 Å². The maximum atomic E-state index is 11.8. The Bertz CT molecular complexity index is 383. The molecule has 0 saturated heterocycles. The number of carbonyl (C=O) groups is 1. The molecule has 1 heterocycles. The Morgan fingerprint density at radius 2 is 2.12 bits per heavy atom. The summed E-state index contributed by atoms with van der Waals surface area (Å²) in [5.41, 5.74) is 0.260. The van der Waals surface area contributed by atoms with Crippen LogP contribution in [0.25, 0.3) is 0 Å². The summed E-state index contributed by atoms with van der Waals surface area (Å²) >= 11 is 5.77. The summed E-state index contributed by atoms with van der Waals surface area (Å²) in [6.45, 7) is 1.78. The number of pyridine rings is 1. The average molecular weight is 259 g/mol. The number of carbonyl (C=O) groups excluding carboxylic acids is 1. The Balaban J connectivity index is 2.66. The van der Waals surface area contributed by atoms with E-state index in [-0.39, 0.29) is 17.6 Å². The van der Waals surface area contributed by atoms with Crippen LogP contribution in [-0.4, -0.2) is 37.4 Å². The fraction of sp³-hybridized carbons (Fsp3) is 0.455. The van der Waals surface area contributed by atoms with E-state index in [2.05, 4.69) is 10.3 Å². The van der Waals surface area contributed by atoms with Gasteiger partial charge in [0, 0.05) is 25.4 Å². The van der Waals surface area contributed by atoms with Crippen LogP contribution in [-0.2, 0) is 9.47 Å². The Morgan fingerprint density at radius 1 is 1.47 bits per heavy atom. The van der Waals surface area contributed by atoms with Crippen molar-refractivity contribution >= 4 is 17.5 Å². The smallest absolute Gasteiger partial charge is 0.270 e. The molecular formula is C11H15ClN2O3. The lowest BCUT2D eigenvalue weighted by molar-refractivity contribution is -0.117. The highest BCUT2D eigenvalue weighted by atomic mass is 35.5. The number of aromatic nitrogens is 1. The number of nitrogens with one attached hydrogen (secondary N) is 1. The van der Waals surface area contributed by atoms with E-state index in [1.165, 1.54) is 26.5 Å². The van der Waals surface area contributed by atoms with Gasteiger partial charge >= 0.3 is 0 Å². The molecular weight excluding hydrogens is 244 g/mol. The molecule has 1 amide bonds. The minimum absolute atomic E-state index is 0.260. The van der Waals surface area contributed by atoms with Gasteiger partial charge in [-0.2, -0.15) is 0 Å². The second-order valence-corrected chi connectivity index (χ2v) is 3.90. The van der Waals surface area contributed by atoms with Gasteiger partial charge in [0.05, 0.1) is 6.04 Å². The fourth-order valence-electron chi connectivity index (χ4n) is 1.38. The molecule has 1 aromatic rings. The zero-order valence-corrected chi connectivity index (χ0v) is 10.7. The number of nitrogens with zero attached hydrogens (tertiary/aromatic N) is 1. The Kier molecular flexibility index (Phi) is 5.34. The van der Waals surface area contributed by atoms with E-state index < -0.39 is 6.29 Å². The molecule has 0 saturated carbocycles. The zero-order valence-electron chi connectivity index (χ0n) is 9.94. The van der Waals surface area contributed by atoms with Crippen LogP contribution >= 0.6 is 11.6 Å². The average Bonchev–Trinajstić information content (AvgIpc) is 2.30. The van der Waals surface area contributed by atoms with E-state index >= 15 is 0 Å². The minimum Gasteiger partial charge on any atom is -0.354 e. The molecule has 0 spiro atoms. The van der Waals surface area contributed by atoms with Crippen molar-refractivity contribution in [2.24, 2.45) is 0 Å². The van der Waals surface area contributed by atoms with E-state index in [0.29, 0.717) is 5.02 Å². The molecule has 1 aromatic heterocycles. The first-order chi connectivity index (χ1) is 8.08. The van der Waals surface area contributed by atoms with Crippen LogP contribution < -0.4 is 5.32 Å². The number of halogens is 1. The first-order valence-corrected chi connectivity index (χ1v) is 5.44. The van der Waals surface area contributed by atoms with Crippen LogP contribution in [0.3, 0.4) is 0 Å². The molecule has 6 heteroatoms. The molecule has 0 fully saturated rings. The van der Waals surface area contributed by atoms with Gasteiger partial charge in [-0.15, -0.1) is 0 Å². The molecule has 0 aliphatic heterocycles. The quantitative estimate of drug-likeness (QED) is 0.813. The highest BCUT2D eigenvalue weighted by Gasteiger charge is 2.19. The van der Waals surface area contributed by atoms with Gasteiger partial charge in [0.25, 0.3) is 5.91 Å². The third kappa shape index (κ3) is 3.96. The molecule has 0 aliphatic rings. The van der Waals surface area contributed by atoms with E-state index in [0.717, 1.165) is 0 Å². The van der Waals surface area contributed by atoms with Crippen molar-refractivity contribution in [1.29, 1.82) is 0 Å². The molecule has 1 N–H and O–H groups in total. The third-order valence-corrected chi connectivity index (χ3v) is 2.42. The maximum absolute atomic E-state index is 11.8. The van der Waals surface area contributed by atoms with Gasteiger partial charge in [-0.1, -0.05) is 11.6 Å². The van der Waals surface area contributed by atoms with Gasteiger partial charge in [0.15, 0.2) is 6.29 Å². The number of ether oxygens (including phenoxy) is 2. The first kappa shape index (κ1) is 13.9. The van der Waals surface area contributed by atoms with Gasteiger partial charge < -0.3 is 14.8 Å². The van der Waals surface area contributed by atoms with E-state index in [9.17, 15) is 4.79 Å². The van der Waals surface area contributed by atoms with Crippen molar-refractivity contribution in [1.82, 2.24) is 10.3 Å². The Labute approximate surface area is 105 Å². The lowest BCUT2D eigenvalue weighted by atomic mass is 10.3. The summed E-state index contributed by atoms with van der Waals surface area (Å²) in [6, 6.07) is 2.81. The van der Waals surface area contributed by atoms with Crippen molar-refractivity contribution in [2.75, 3.05) is 14.2 Å². The van der Waals surface area contributed by atoms with Crippen LogP contribution in [0.4, 0.5) is 0 Å². The van der Waals surface area contributed by atoms with Crippen molar-refractivity contribution in [2.45, 2.75) is 19.3 Å². The second-order valence-electron chi connectivity index (χ2n) is 3.46. The Morgan fingerprint density at radius 3 is 2.65 bits per heavy atom. The topological polar surface area (TPSA) is 60.5 Å². The fourth-order valence-corrected chi connectivity index (χ4v) is 1.54. The number of hydrogen-bond donors (Lipinski definition) is 1. The summed E-state index contributed by atoms with van der Waals surface area (Å²) in [4.78, 5) is 15.7. The highest BCUT2D eigenvalue weighted by molar-refractivity contribution is 6.30. The summed E-state index contributed by atoms with van der Waals surface area (Å²) in [5.74, 6) is -0.320. The molecule has 0 bridgehead atoms. The number of methoxy groups -OCH3 is 2. The van der Waals surface area contributed by atoms with E-state index in [1.807, 2.05) is 0 Å². The molecule has 1 unspecified atom stereocenters. The van der Waals surface area contributed by atoms with Crippen LogP contribution in [0.15, 0.2) is 18.3 Å². The zero-order chi connectivity index (χ0) is 12.8. The molecule has 0 aliphatic carbocycles. The van der Waals surface area contributed by atoms with Crippen molar-refractivity contribution < 1.29 is 14.3 Å². The summed E-state index contributed by atoms with van der Waals surface area (Å²) < 4.78 is 10.1. The molecule has 0 radical (unpaired) electrons. The summed E-state index contributed by atoms with van der Waals surface area (Å²) in [5, 5.41) is 3.18. The normalized spacial score (nSPS) is 12.5. The molecule has 17 heavy (non-hydrogen) atoms. The highest BCUT2D eigenvalue weighted by Crippen LogP contribution is 2.08. The molecule has 5 nitrogen and oxygen atoms in total. The van der Waals surface area contributed by atoms with Crippen LogP contribution in [0, 0.1) is 0 Å². The van der Waals surface area contributed by atoms with Crippen molar-refractivity contribution in [3.05, 3.63) is 29.0 Å². The van der Waals surface area contributed by atoms with Crippen molar-refractivity contribution in [3.63, 3.8) is 0 Å². The number of amides is 1. The second kappa shape index (κ2) is 6.54. The van der Waals surface area contributed by atoms with Crippen LogP contribution in [0.5, 0.6) is 0 Å². The number of hydrogen-bond acceptors (Lipinski definition) is 4. The SMILES string of the molecule is COC(OC)C(C)NC(=O)c1cc(Cl)ccn1. The lowest BCUT2D eigenvalue weighted by Gasteiger charge is -2.21. The van der Waals surface area contributed by atoms with Crippen molar-refractivity contribution in [3.8, 4) is 0 Å². The first-order valence-electron chi connectivity index (χ1n) is 5.06. The van der Waals surface area contributed by atoms with Gasteiger partial charge in [-0.3, -0.25) is 9.78 Å². The summed E-state index contributed by atoms with van der Waals surface area (Å²) in [6.07, 6.45) is 0.976. The third-order valence-electron chi connectivity index (χ3n) is 2.19. The van der Waals surface area contributed by atoms with Gasteiger partial charge in [-0.05, 0) is 19.1 Å². The van der Waals surface area contributed by atoms with Gasteiger partial charge in [0.1, 0.15) is 5.69 Å². The minimum atomic E-state index is -0.502. The monoisotopic (exact) mass is 258 g/mol. The van der Waals surface area contributed by atoms with E-state index in [1.54, 1.807) is 13.0 Å². The lowest BCUT2D eigenvalue weighted by Crippen LogP contribution is -2.43. The molecule has 1 atom stereocenters. The Hall–Kier alpha value is -1.17. The molecule has 1 rings (SSSR count). The van der Waals surface area contributed by atoms with Gasteiger partial charge in [0.2, 0.25) is 0 Å². The predicted octanol–water partition coefficient (Wildman–Crippen LogP) is 1.47. The van der Waals surface area contributed by atoms with Crippen LogP contribution in [0.1, 0.15) is 17.4 Å². The standard InChI is InChI=1S/C11H15ClN2O3/c1-7(11(16-2)17-3)14-10(15)9-6-8(12)4-5-13-9/h4-7,11H,1-3H3,(H,14,15). The molecule has 94 valence electrons. The molecule has 0 aromatic carbocycles. The number of rotatable bonds is 5.